The molecule has 2 amide bonds. The third kappa shape index (κ3) is 4.90. The molecule has 0 aliphatic carbocycles. The number of urea groups is 1. The van der Waals surface area contributed by atoms with Crippen LogP contribution in [-0.2, 0) is 6.18 Å². The number of amides is 2. The Morgan fingerprint density at radius 3 is 2.51 bits per heavy atom. The molecule has 2 aromatic heterocycles. The van der Waals surface area contributed by atoms with Gasteiger partial charge in [0, 0.05) is 11.8 Å². The van der Waals surface area contributed by atoms with Crippen molar-refractivity contribution < 1.29 is 22.7 Å². The minimum Gasteiger partial charge on any atom is -0.457 e. The first-order valence-corrected chi connectivity index (χ1v) is 10.2. The number of alkyl halides is 3. The highest BCUT2D eigenvalue weighted by Crippen LogP contribution is 2.33. The molecule has 5 aromatic rings. The van der Waals surface area contributed by atoms with Crippen LogP contribution in [0.4, 0.5) is 29.3 Å². The summed E-state index contributed by atoms with van der Waals surface area (Å²) >= 11 is 0. The summed E-state index contributed by atoms with van der Waals surface area (Å²) in [5, 5.41) is 12.5. The van der Waals surface area contributed by atoms with E-state index in [-0.39, 0.29) is 11.4 Å². The van der Waals surface area contributed by atoms with Crippen molar-refractivity contribution >= 4 is 28.4 Å². The maximum absolute atomic E-state index is 13.2. The Labute approximate surface area is 195 Å². The zero-order valence-corrected chi connectivity index (χ0v) is 17.7. The van der Waals surface area contributed by atoms with E-state index >= 15 is 0 Å². The highest BCUT2D eigenvalue weighted by molar-refractivity contribution is 6.01. The number of anilines is 2. The average Bonchev–Trinajstić information content (AvgIpc) is 3.52. The fraction of sp³-hybridized carbons (Fsp3) is 0.0435. The molecule has 0 unspecified atom stereocenters. The predicted molar refractivity (Wildman–Crippen MR) is 122 cm³/mol. The number of halogens is 3. The molecule has 5 rings (SSSR count). The number of hydrogen-bond acceptors (Lipinski definition) is 5. The number of aromatic nitrogens is 5. The Morgan fingerprint density at radius 2 is 1.77 bits per heavy atom. The lowest BCUT2D eigenvalue weighted by Gasteiger charge is -2.15. The first-order chi connectivity index (χ1) is 16.8. The van der Waals surface area contributed by atoms with Gasteiger partial charge in [0.1, 0.15) is 11.5 Å². The molecule has 9 nitrogen and oxygen atoms in total. The summed E-state index contributed by atoms with van der Waals surface area (Å²) < 4.78 is 46.7. The minimum atomic E-state index is -4.58. The van der Waals surface area contributed by atoms with Gasteiger partial charge >= 0.3 is 12.2 Å². The summed E-state index contributed by atoms with van der Waals surface area (Å²) in [4.78, 5) is 19.7. The quantitative estimate of drug-likeness (QED) is 0.304. The van der Waals surface area contributed by atoms with Gasteiger partial charge in [-0.15, -0.1) is 5.10 Å². The van der Waals surface area contributed by atoms with Gasteiger partial charge in [-0.2, -0.15) is 13.2 Å². The van der Waals surface area contributed by atoms with Gasteiger partial charge in [-0.3, -0.25) is 0 Å². The van der Waals surface area contributed by atoms with Crippen LogP contribution in [0.5, 0.6) is 11.5 Å². The van der Waals surface area contributed by atoms with Crippen molar-refractivity contribution in [2.24, 2.45) is 0 Å². The molecular formula is C23H16F3N7O2. The van der Waals surface area contributed by atoms with Gasteiger partial charge in [0.05, 0.1) is 46.7 Å². The summed E-state index contributed by atoms with van der Waals surface area (Å²) in [5.74, 6) is 1.13. The Balaban J connectivity index is 1.29. The van der Waals surface area contributed by atoms with E-state index in [9.17, 15) is 18.0 Å². The molecule has 0 saturated carbocycles. The Bertz CT molecular complexity index is 1480. The van der Waals surface area contributed by atoms with Crippen LogP contribution in [0.1, 0.15) is 5.56 Å². The number of fused-ring (bicyclic) bond motifs is 1. The van der Waals surface area contributed by atoms with Crippen LogP contribution in [0.2, 0.25) is 0 Å². The van der Waals surface area contributed by atoms with Gasteiger partial charge in [-0.05, 0) is 54.6 Å². The second-order valence-corrected chi connectivity index (χ2v) is 7.36. The van der Waals surface area contributed by atoms with E-state index in [4.69, 9.17) is 4.74 Å². The van der Waals surface area contributed by atoms with E-state index in [2.05, 4.69) is 30.9 Å². The topological polar surface area (TPSA) is 110 Å². The van der Waals surface area contributed by atoms with Crippen molar-refractivity contribution in [3.05, 3.63) is 84.9 Å². The second kappa shape index (κ2) is 8.82. The zero-order chi connectivity index (χ0) is 24.4. The van der Waals surface area contributed by atoms with Crippen LogP contribution in [0.3, 0.4) is 0 Å². The number of aromatic amines is 1. The predicted octanol–water partition coefficient (Wildman–Crippen LogP) is 5.60. The maximum Gasteiger partial charge on any atom is 0.416 e. The lowest BCUT2D eigenvalue weighted by molar-refractivity contribution is -0.137. The summed E-state index contributed by atoms with van der Waals surface area (Å²) in [6, 6.07) is 14.1. The molecule has 2 heterocycles. The highest BCUT2D eigenvalue weighted by atomic mass is 19.4. The number of ether oxygens (including phenoxy) is 1. The summed E-state index contributed by atoms with van der Waals surface area (Å²) in [6.07, 6.45) is -0.160. The summed E-state index contributed by atoms with van der Waals surface area (Å²) in [6.45, 7) is 0. The normalized spacial score (nSPS) is 11.4. The molecule has 0 fully saturated rings. The number of benzene rings is 3. The number of rotatable bonds is 5. The molecule has 0 radical (unpaired) electrons. The first-order valence-electron chi connectivity index (χ1n) is 10.2. The zero-order valence-electron chi connectivity index (χ0n) is 17.7. The van der Waals surface area contributed by atoms with Gasteiger partial charge in [-0.25, -0.2) is 14.5 Å². The number of nitrogens with zero attached hydrogens (tertiary/aromatic N) is 4. The van der Waals surface area contributed by atoms with Crippen molar-refractivity contribution in [3.8, 4) is 17.2 Å². The van der Waals surface area contributed by atoms with E-state index in [1.54, 1.807) is 36.7 Å². The van der Waals surface area contributed by atoms with E-state index in [0.717, 1.165) is 23.2 Å². The number of nitrogens with one attached hydrogen (secondary N) is 3. The SMILES string of the molecule is O=C(Nc1ccc(Oc2ccc3nc[nH]c3c2)cc1)Nc1cc(C(F)(F)F)ccc1-n1ccnn1. The number of carbonyl (C=O) groups is 1. The molecule has 0 atom stereocenters. The number of carbonyl (C=O) groups excluding carboxylic acids is 1. The van der Waals surface area contributed by atoms with Crippen molar-refractivity contribution in [2.45, 2.75) is 6.18 Å². The molecule has 12 heteroatoms. The molecule has 0 spiro atoms. The molecule has 0 saturated heterocycles. The molecule has 0 aliphatic heterocycles. The van der Waals surface area contributed by atoms with Crippen molar-refractivity contribution in [2.75, 3.05) is 10.6 Å². The largest absolute Gasteiger partial charge is 0.457 e. The fourth-order valence-electron chi connectivity index (χ4n) is 3.35. The van der Waals surface area contributed by atoms with Gasteiger partial charge < -0.3 is 20.4 Å². The van der Waals surface area contributed by atoms with Crippen molar-refractivity contribution in [1.29, 1.82) is 0 Å². The molecule has 0 aliphatic rings. The fourth-order valence-corrected chi connectivity index (χ4v) is 3.35. The van der Waals surface area contributed by atoms with Crippen LogP contribution in [0.15, 0.2) is 79.4 Å². The maximum atomic E-state index is 13.2. The number of H-pyrrole nitrogens is 1. The summed E-state index contributed by atoms with van der Waals surface area (Å²) in [5.41, 5.74) is 1.29. The summed E-state index contributed by atoms with van der Waals surface area (Å²) in [7, 11) is 0. The molecule has 0 bridgehead atoms. The third-order valence-corrected chi connectivity index (χ3v) is 4.98. The smallest absolute Gasteiger partial charge is 0.416 e. The Kier molecular flexibility index (Phi) is 5.53. The van der Waals surface area contributed by atoms with Gasteiger partial charge in [-0.1, -0.05) is 5.21 Å². The van der Waals surface area contributed by atoms with E-state index in [1.165, 1.54) is 23.1 Å². The van der Waals surface area contributed by atoms with Crippen molar-refractivity contribution in [1.82, 2.24) is 25.0 Å². The Hall–Kier alpha value is -4.87. The van der Waals surface area contributed by atoms with Crippen LogP contribution >= 0.6 is 0 Å². The lowest BCUT2D eigenvalue weighted by Crippen LogP contribution is -2.21. The van der Waals surface area contributed by atoms with E-state index in [1.807, 2.05) is 12.1 Å². The van der Waals surface area contributed by atoms with Crippen LogP contribution in [-0.4, -0.2) is 31.0 Å². The van der Waals surface area contributed by atoms with Gasteiger partial charge in [0.25, 0.3) is 0 Å². The molecule has 176 valence electrons. The third-order valence-electron chi connectivity index (χ3n) is 4.98. The molecule has 3 N–H and O–H groups in total. The Morgan fingerprint density at radius 1 is 0.971 bits per heavy atom. The van der Waals surface area contributed by atoms with Gasteiger partial charge in [0.2, 0.25) is 0 Å². The lowest BCUT2D eigenvalue weighted by atomic mass is 10.1. The molecular weight excluding hydrogens is 463 g/mol. The molecule has 35 heavy (non-hydrogen) atoms. The van der Waals surface area contributed by atoms with Crippen LogP contribution in [0.25, 0.3) is 16.7 Å². The number of imidazole rings is 1. The van der Waals surface area contributed by atoms with Crippen molar-refractivity contribution in [3.63, 3.8) is 0 Å². The highest BCUT2D eigenvalue weighted by Gasteiger charge is 2.31. The molecule has 3 aromatic carbocycles. The van der Waals surface area contributed by atoms with Gasteiger partial charge in [0.15, 0.2) is 0 Å². The number of hydrogen-bond donors (Lipinski definition) is 3. The average molecular weight is 479 g/mol. The van der Waals surface area contributed by atoms with Crippen LogP contribution < -0.4 is 15.4 Å². The second-order valence-electron chi connectivity index (χ2n) is 7.36. The van der Waals surface area contributed by atoms with E-state index in [0.29, 0.717) is 17.2 Å². The minimum absolute atomic E-state index is 0.0861. The van der Waals surface area contributed by atoms with Crippen LogP contribution in [0, 0.1) is 0 Å². The standard InChI is InChI=1S/C23H16F3N7O2/c24-23(25,26)14-1-8-21(33-10-9-29-32-33)20(11-14)31-22(34)30-15-2-4-16(5-3-15)35-17-6-7-18-19(12-17)28-13-27-18/h1-13H,(H,27,28)(H2,30,31,34). The van der Waals surface area contributed by atoms with E-state index < -0.39 is 17.8 Å². The first kappa shape index (κ1) is 21.9. The monoisotopic (exact) mass is 479 g/mol.